The lowest BCUT2D eigenvalue weighted by atomic mass is 10.1. The van der Waals surface area contributed by atoms with Crippen molar-refractivity contribution in [2.75, 3.05) is 39.3 Å². The van der Waals surface area contributed by atoms with Gasteiger partial charge in [0.05, 0.1) is 31.8 Å². The third-order valence-corrected chi connectivity index (χ3v) is 11.9. The highest BCUT2D eigenvalue weighted by atomic mass is 16.6. The molecule has 6 rings (SSSR count). The van der Waals surface area contributed by atoms with Crippen LogP contribution in [0.15, 0.2) is 106 Å². The van der Waals surface area contributed by atoms with Gasteiger partial charge in [0.15, 0.2) is 0 Å². The summed E-state index contributed by atoms with van der Waals surface area (Å²) in [6.07, 6.45) is 16.0. The summed E-state index contributed by atoms with van der Waals surface area (Å²) >= 11 is 0. The zero-order chi connectivity index (χ0) is 49.8. The van der Waals surface area contributed by atoms with Crippen molar-refractivity contribution >= 4 is 51.6 Å². The Hall–Kier alpha value is -6.51. The van der Waals surface area contributed by atoms with E-state index < -0.39 is 0 Å². The van der Waals surface area contributed by atoms with Gasteiger partial charge in [0.2, 0.25) is 0 Å². The van der Waals surface area contributed by atoms with Crippen molar-refractivity contribution in [2.24, 2.45) is 15.0 Å². The number of nitro groups is 3. The summed E-state index contributed by atoms with van der Waals surface area (Å²) in [5.41, 5.74) is 8.67. The van der Waals surface area contributed by atoms with Gasteiger partial charge >= 0.3 is 0 Å². The van der Waals surface area contributed by atoms with Crippen molar-refractivity contribution in [1.29, 1.82) is 0 Å². The Morgan fingerprint density at radius 1 is 0.456 bits per heavy atom. The summed E-state index contributed by atoms with van der Waals surface area (Å²) in [6, 6.07) is 14.6. The number of nitrogens with zero attached hydrogens (tertiary/aromatic N) is 9. The number of hydrogen-bond acceptors (Lipinski definition) is 9. The number of aliphatic imine (C=N–C) groups is 3. The molecule has 3 aliphatic heterocycles. The topological polar surface area (TPSA) is 176 Å². The minimum Gasteiger partial charge on any atom is -0.356 e. The molecule has 0 aromatic heterocycles. The number of benzene rings is 3. The van der Waals surface area contributed by atoms with Gasteiger partial charge in [-0.1, -0.05) is 68.6 Å². The quantitative estimate of drug-likeness (QED) is 0.0971. The molecule has 3 saturated heterocycles. The zero-order valence-electron chi connectivity index (χ0n) is 41.4. The van der Waals surface area contributed by atoms with Crippen molar-refractivity contribution < 1.29 is 14.8 Å². The molecular formula is C53H73N9O6. The molecule has 0 atom stereocenters. The summed E-state index contributed by atoms with van der Waals surface area (Å²) in [4.78, 5) is 52.8. The molecule has 3 aliphatic rings. The van der Waals surface area contributed by atoms with Crippen LogP contribution in [0.5, 0.6) is 0 Å². The number of rotatable bonds is 12. The first kappa shape index (κ1) is 54.1. The number of likely N-dealkylation sites (tertiary alicyclic amines) is 3. The minimum atomic E-state index is -0.372. The van der Waals surface area contributed by atoms with Gasteiger partial charge in [-0.15, -0.1) is 0 Å². The molecule has 366 valence electrons. The van der Waals surface area contributed by atoms with Crippen LogP contribution in [-0.4, -0.2) is 86.2 Å². The van der Waals surface area contributed by atoms with Gasteiger partial charge in [0.25, 0.3) is 17.1 Å². The Balaban J connectivity index is 0.000000222. The smallest absolute Gasteiger partial charge is 0.269 e. The standard InChI is InChI=1S/2C18H25N3O2.C17H23N3O2/c2*1-14(2)13-20-11-7-5-4-6-8-18(20)19-17-10-9-16(21(22)23)12-15(17)3;1-13(2)12-19-10-6-4-5-7-17(19)18-16-9-8-15(20(21)22)11-14(16)3/h2*9-10,12H,1,4-8,11,13H2,2-3H3;8-9,11H,1,4-7,10,12H2,2-3H3. The monoisotopic (exact) mass is 932 g/mol. The number of nitro benzene ring substituents is 3. The SMILES string of the molecule is C=C(C)CN1CCCCCC1=Nc1ccc([N+](=O)[O-])cc1C.C=C(C)CN1CCCCCCC1=Nc1ccc([N+](=O)[O-])cc1C.C=C(C)CN1CCCCCCC1=Nc1ccc([N+](=O)[O-])cc1C. The molecule has 15 heteroatoms. The van der Waals surface area contributed by atoms with E-state index in [0.29, 0.717) is 0 Å². The fourth-order valence-corrected chi connectivity index (χ4v) is 8.42. The Labute approximate surface area is 403 Å². The van der Waals surface area contributed by atoms with E-state index in [-0.39, 0.29) is 31.8 Å². The van der Waals surface area contributed by atoms with E-state index in [9.17, 15) is 30.3 Å². The highest BCUT2D eigenvalue weighted by Gasteiger charge is 2.19. The Morgan fingerprint density at radius 2 is 0.706 bits per heavy atom. The van der Waals surface area contributed by atoms with Crippen molar-refractivity contribution in [3.8, 4) is 0 Å². The Kier molecular flexibility index (Phi) is 21.8. The van der Waals surface area contributed by atoms with Gasteiger partial charge in [0.1, 0.15) is 17.5 Å². The van der Waals surface area contributed by atoms with Crippen LogP contribution < -0.4 is 0 Å². The Morgan fingerprint density at radius 3 is 0.941 bits per heavy atom. The highest BCUT2D eigenvalue weighted by Crippen LogP contribution is 2.29. The molecule has 0 aliphatic carbocycles. The molecule has 3 aromatic rings. The summed E-state index contributed by atoms with van der Waals surface area (Å²) in [6.45, 7) is 29.2. The van der Waals surface area contributed by atoms with Crippen LogP contribution in [0.3, 0.4) is 0 Å². The molecule has 68 heavy (non-hydrogen) atoms. The molecule has 0 unspecified atom stereocenters. The van der Waals surface area contributed by atoms with Crippen LogP contribution in [0.25, 0.3) is 0 Å². The molecule has 0 N–H and O–H groups in total. The number of hydrogen-bond donors (Lipinski definition) is 0. The van der Waals surface area contributed by atoms with E-state index in [1.165, 1.54) is 69.6 Å². The lowest BCUT2D eigenvalue weighted by Crippen LogP contribution is -2.34. The largest absolute Gasteiger partial charge is 0.356 e. The molecular weight excluding hydrogens is 859 g/mol. The normalized spacial score (nSPS) is 17.6. The molecule has 3 fully saturated rings. The van der Waals surface area contributed by atoms with E-state index in [0.717, 1.165) is 146 Å². The average Bonchev–Trinajstić information content (AvgIpc) is 3.48. The Bertz CT molecular complexity index is 2260. The summed E-state index contributed by atoms with van der Waals surface area (Å²) in [5.74, 6) is 3.21. The van der Waals surface area contributed by atoms with E-state index >= 15 is 0 Å². The molecule has 3 aromatic carbocycles. The van der Waals surface area contributed by atoms with Gasteiger partial charge in [-0.3, -0.25) is 30.3 Å². The van der Waals surface area contributed by atoms with Crippen LogP contribution >= 0.6 is 0 Å². The van der Waals surface area contributed by atoms with Crippen molar-refractivity contribution in [1.82, 2.24) is 14.7 Å². The van der Waals surface area contributed by atoms with Crippen molar-refractivity contribution in [3.63, 3.8) is 0 Å². The predicted octanol–water partition coefficient (Wildman–Crippen LogP) is 13.9. The van der Waals surface area contributed by atoms with Gasteiger partial charge in [-0.05, 0) is 115 Å². The van der Waals surface area contributed by atoms with Gasteiger partial charge in [-0.2, -0.15) is 0 Å². The molecule has 15 nitrogen and oxygen atoms in total. The van der Waals surface area contributed by atoms with Crippen LogP contribution in [0.2, 0.25) is 0 Å². The lowest BCUT2D eigenvalue weighted by Gasteiger charge is -2.28. The maximum atomic E-state index is 10.9. The summed E-state index contributed by atoms with van der Waals surface area (Å²) < 4.78 is 0. The van der Waals surface area contributed by atoms with Gasteiger partial charge < -0.3 is 14.7 Å². The van der Waals surface area contributed by atoms with E-state index in [4.69, 9.17) is 15.0 Å². The fourth-order valence-electron chi connectivity index (χ4n) is 8.42. The third kappa shape index (κ3) is 17.9. The summed E-state index contributed by atoms with van der Waals surface area (Å²) in [7, 11) is 0. The molecule has 0 amide bonds. The molecule has 0 radical (unpaired) electrons. The third-order valence-electron chi connectivity index (χ3n) is 11.9. The summed E-state index contributed by atoms with van der Waals surface area (Å²) in [5, 5.41) is 32.6. The average molecular weight is 932 g/mol. The first-order valence-corrected chi connectivity index (χ1v) is 24.1. The van der Waals surface area contributed by atoms with Crippen LogP contribution in [0, 0.1) is 51.1 Å². The van der Waals surface area contributed by atoms with Gasteiger partial charge in [0, 0.05) is 94.9 Å². The lowest BCUT2D eigenvalue weighted by molar-refractivity contribution is -0.385. The highest BCUT2D eigenvalue weighted by molar-refractivity contribution is 5.87. The first-order chi connectivity index (χ1) is 32.4. The minimum absolute atomic E-state index is 0.112. The second kappa shape index (κ2) is 27.3. The second-order valence-corrected chi connectivity index (χ2v) is 18.5. The molecule has 0 saturated carbocycles. The number of non-ortho nitro benzene ring substituents is 3. The van der Waals surface area contributed by atoms with Crippen LogP contribution in [0.1, 0.15) is 127 Å². The number of amidine groups is 3. The van der Waals surface area contributed by atoms with Crippen LogP contribution in [-0.2, 0) is 0 Å². The zero-order valence-corrected chi connectivity index (χ0v) is 41.4. The molecule has 3 heterocycles. The first-order valence-electron chi connectivity index (χ1n) is 24.1. The second-order valence-electron chi connectivity index (χ2n) is 18.5. The maximum Gasteiger partial charge on any atom is 0.269 e. The maximum absolute atomic E-state index is 10.9. The predicted molar refractivity (Wildman–Crippen MR) is 279 cm³/mol. The van der Waals surface area contributed by atoms with E-state index in [1.807, 2.05) is 41.5 Å². The van der Waals surface area contributed by atoms with Crippen LogP contribution in [0.4, 0.5) is 34.1 Å². The van der Waals surface area contributed by atoms with Gasteiger partial charge in [-0.25, -0.2) is 15.0 Å². The van der Waals surface area contributed by atoms with E-state index in [1.54, 1.807) is 36.4 Å². The molecule has 0 spiro atoms. The van der Waals surface area contributed by atoms with E-state index in [2.05, 4.69) is 34.4 Å². The van der Waals surface area contributed by atoms with Crippen molar-refractivity contribution in [2.45, 2.75) is 131 Å². The number of aryl methyl sites for hydroxylation is 3. The fraction of sp³-hybridized carbons (Fsp3) is 0.491. The molecule has 0 bridgehead atoms. The van der Waals surface area contributed by atoms with Crippen molar-refractivity contribution in [3.05, 3.63) is 138 Å².